The van der Waals surface area contributed by atoms with Gasteiger partial charge in [0.15, 0.2) is 0 Å². The number of aromatic amines is 1. The zero-order chi connectivity index (χ0) is 19.7. The van der Waals surface area contributed by atoms with E-state index in [9.17, 15) is 4.79 Å². The molecule has 0 spiro atoms. The molecule has 0 atom stereocenters. The lowest BCUT2D eigenvalue weighted by Crippen LogP contribution is -2.13. The van der Waals surface area contributed by atoms with Crippen LogP contribution in [0.1, 0.15) is 33.1 Å². The van der Waals surface area contributed by atoms with Gasteiger partial charge in [-0.05, 0) is 57.2 Å². The lowest BCUT2D eigenvalue weighted by molar-refractivity contribution is 0.102. The number of thioether (sulfide) groups is 1. The highest BCUT2D eigenvalue weighted by Crippen LogP contribution is 2.28. The minimum absolute atomic E-state index is 0.180. The Hall–Kier alpha value is -3.06. The standard InChI is InChI=1S/C21H20N4O2S/c1-12-9-15-10-16(6-7-19(15)23-12)24-20(26)17-5-4-8-22-21(17)28-11-18-13(2)25-27-14(18)3/h4-10,23H,11H2,1-3H3,(H,24,26). The van der Waals surface area contributed by atoms with Crippen molar-refractivity contribution in [2.75, 3.05) is 5.32 Å². The summed E-state index contributed by atoms with van der Waals surface area (Å²) in [6.07, 6.45) is 1.70. The largest absolute Gasteiger partial charge is 0.361 e. The van der Waals surface area contributed by atoms with E-state index in [0.29, 0.717) is 16.3 Å². The molecule has 1 amide bonds. The van der Waals surface area contributed by atoms with Crippen molar-refractivity contribution in [3.63, 3.8) is 0 Å². The second kappa shape index (κ2) is 7.52. The summed E-state index contributed by atoms with van der Waals surface area (Å²) in [6, 6.07) is 11.4. The molecule has 0 saturated carbocycles. The van der Waals surface area contributed by atoms with Gasteiger partial charge in [0.2, 0.25) is 0 Å². The van der Waals surface area contributed by atoms with Crippen LogP contribution in [-0.4, -0.2) is 21.0 Å². The molecule has 2 N–H and O–H groups in total. The number of amides is 1. The van der Waals surface area contributed by atoms with Crippen molar-refractivity contribution in [3.8, 4) is 0 Å². The van der Waals surface area contributed by atoms with Crippen molar-refractivity contribution >= 4 is 34.3 Å². The maximum Gasteiger partial charge on any atom is 0.258 e. The Morgan fingerprint density at radius 2 is 2.07 bits per heavy atom. The van der Waals surface area contributed by atoms with Crippen molar-refractivity contribution < 1.29 is 9.32 Å². The zero-order valence-corrected chi connectivity index (χ0v) is 16.7. The summed E-state index contributed by atoms with van der Waals surface area (Å²) in [5.41, 5.74) is 5.33. The Labute approximate surface area is 166 Å². The Morgan fingerprint density at radius 3 is 2.86 bits per heavy atom. The van der Waals surface area contributed by atoms with E-state index in [1.54, 1.807) is 18.3 Å². The number of H-pyrrole nitrogens is 1. The monoisotopic (exact) mass is 392 g/mol. The molecule has 0 unspecified atom stereocenters. The summed E-state index contributed by atoms with van der Waals surface area (Å²) >= 11 is 1.50. The first-order valence-electron chi connectivity index (χ1n) is 8.91. The molecule has 4 rings (SSSR count). The van der Waals surface area contributed by atoms with Gasteiger partial charge in [0.1, 0.15) is 10.8 Å². The van der Waals surface area contributed by atoms with E-state index in [0.717, 1.165) is 39.3 Å². The second-order valence-corrected chi connectivity index (χ2v) is 7.62. The van der Waals surface area contributed by atoms with E-state index < -0.39 is 0 Å². The Kier molecular flexibility index (Phi) is 4.92. The van der Waals surface area contributed by atoms with Crippen LogP contribution in [0.4, 0.5) is 5.69 Å². The number of fused-ring (bicyclic) bond motifs is 1. The van der Waals surface area contributed by atoms with Gasteiger partial charge < -0.3 is 14.8 Å². The minimum Gasteiger partial charge on any atom is -0.361 e. The quantitative estimate of drug-likeness (QED) is 0.466. The van der Waals surface area contributed by atoms with Crippen LogP contribution in [0, 0.1) is 20.8 Å². The maximum atomic E-state index is 12.9. The molecule has 0 bridgehead atoms. The molecule has 0 aliphatic carbocycles. The molecule has 1 aromatic carbocycles. The number of aryl methyl sites for hydroxylation is 3. The third-order valence-corrected chi connectivity index (χ3v) is 5.60. The Morgan fingerprint density at radius 1 is 1.21 bits per heavy atom. The predicted octanol–water partition coefficient (Wildman–Crippen LogP) is 5.02. The molecule has 0 radical (unpaired) electrons. The van der Waals surface area contributed by atoms with Gasteiger partial charge in [-0.1, -0.05) is 5.16 Å². The molecule has 4 aromatic rings. The third kappa shape index (κ3) is 3.66. The zero-order valence-electron chi connectivity index (χ0n) is 15.9. The summed E-state index contributed by atoms with van der Waals surface area (Å²) in [5, 5.41) is 8.70. The van der Waals surface area contributed by atoms with Gasteiger partial charge in [-0.25, -0.2) is 4.98 Å². The van der Waals surface area contributed by atoms with E-state index in [-0.39, 0.29) is 5.91 Å². The van der Waals surface area contributed by atoms with Crippen LogP contribution in [0.5, 0.6) is 0 Å². The molecule has 3 heterocycles. The fraction of sp³-hybridized carbons (Fsp3) is 0.190. The molecule has 3 aromatic heterocycles. The highest BCUT2D eigenvalue weighted by Gasteiger charge is 2.16. The van der Waals surface area contributed by atoms with Crippen LogP contribution in [-0.2, 0) is 5.75 Å². The average Bonchev–Trinajstić information content (AvgIpc) is 3.20. The Balaban J connectivity index is 1.53. The van der Waals surface area contributed by atoms with E-state index in [4.69, 9.17) is 4.52 Å². The lowest BCUT2D eigenvalue weighted by Gasteiger charge is -2.09. The van der Waals surface area contributed by atoms with Crippen molar-refractivity contribution in [1.82, 2.24) is 15.1 Å². The number of anilines is 1. The normalized spacial score (nSPS) is 11.1. The fourth-order valence-corrected chi connectivity index (χ4v) is 4.23. The van der Waals surface area contributed by atoms with Gasteiger partial charge in [0.25, 0.3) is 5.91 Å². The van der Waals surface area contributed by atoms with E-state index in [1.807, 2.05) is 39.0 Å². The maximum absolute atomic E-state index is 12.9. The van der Waals surface area contributed by atoms with Gasteiger partial charge in [-0.2, -0.15) is 0 Å². The third-order valence-electron chi connectivity index (χ3n) is 4.56. The SMILES string of the molecule is Cc1cc2cc(NC(=O)c3cccnc3SCc3c(C)noc3C)ccc2[nH]1. The number of nitrogens with zero attached hydrogens (tertiary/aromatic N) is 2. The highest BCUT2D eigenvalue weighted by molar-refractivity contribution is 7.98. The first-order chi connectivity index (χ1) is 13.5. The predicted molar refractivity (Wildman–Crippen MR) is 111 cm³/mol. The number of hydrogen-bond acceptors (Lipinski definition) is 5. The second-order valence-electron chi connectivity index (χ2n) is 6.66. The molecule has 7 heteroatoms. The van der Waals surface area contributed by atoms with E-state index >= 15 is 0 Å². The summed E-state index contributed by atoms with van der Waals surface area (Å²) in [5.74, 6) is 1.26. The summed E-state index contributed by atoms with van der Waals surface area (Å²) in [4.78, 5) is 20.5. The van der Waals surface area contributed by atoms with Gasteiger partial charge >= 0.3 is 0 Å². The number of rotatable bonds is 5. The molecule has 142 valence electrons. The summed E-state index contributed by atoms with van der Waals surface area (Å²) in [6.45, 7) is 5.81. The van der Waals surface area contributed by atoms with Crippen molar-refractivity contribution in [1.29, 1.82) is 0 Å². The van der Waals surface area contributed by atoms with Gasteiger partial charge in [0, 0.05) is 39.8 Å². The number of aromatic nitrogens is 3. The smallest absolute Gasteiger partial charge is 0.258 e. The lowest BCUT2D eigenvalue weighted by atomic mass is 10.2. The number of carbonyl (C=O) groups is 1. The van der Waals surface area contributed by atoms with Crippen molar-refractivity contribution in [3.05, 3.63) is 70.9 Å². The number of carbonyl (C=O) groups excluding carboxylic acids is 1. The number of nitrogens with one attached hydrogen (secondary N) is 2. The van der Waals surface area contributed by atoms with Gasteiger partial charge in [-0.15, -0.1) is 11.8 Å². The molecule has 0 saturated heterocycles. The van der Waals surface area contributed by atoms with Crippen molar-refractivity contribution in [2.24, 2.45) is 0 Å². The molecule has 0 aliphatic rings. The topological polar surface area (TPSA) is 83.8 Å². The molecular formula is C21H20N4O2S. The van der Waals surface area contributed by atoms with Crippen LogP contribution in [0.25, 0.3) is 10.9 Å². The first-order valence-corrected chi connectivity index (χ1v) is 9.90. The van der Waals surface area contributed by atoms with E-state index in [1.165, 1.54) is 11.8 Å². The number of pyridine rings is 1. The Bertz CT molecular complexity index is 1140. The minimum atomic E-state index is -0.180. The molecule has 28 heavy (non-hydrogen) atoms. The van der Waals surface area contributed by atoms with Crippen LogP contribution >= 0.6 is 11.8 Å². The highest BCUT2D eigenvalue weighted by atomic mass is 32.2. The number of benzene rings is 1. The van der Waals surface area contributed by atoms with Gasteiger partial charge in [0.05, 0.1) is 11.3 Å². The van der Waals surface area contributed by atoms with Gasteiger partial charge in [-0.3, -0.25) is 4.79 Å². The molecule has 6 nitrogen and oxygen atoms in total. The van der Waals surface area contributed by atoms with Crippen LogP contribution in [0.15, 0.2) is 52.1 Å². The molecular weight excluding hydrogens is 372 g/mol. The first kappa shape index (κ1) is 18.3. The van der Waals surface area contributed by atoms with E-state index in [2.05, 4.69) is 26.5 Å². The average molecular weight is 392 g/mol. The fourth-order valence-electron chi connectivity index (χ4n) is 3.08. The van der Waals surface area contributed by atoms with Crippen LogP contribution < -0.4 is 5.32 Å². The summed E-state index contributed by atoms with van der Waals surface area (Å²) < 4.78 is 5.21. The summed E-state index contributed by atoms with van der Waals surface area (Å²) in [7, 11) is 0. The van der Waals surface area contributed by atoms with Crippen LogP contribution in [0.3, 0.4) is 0 Å². The molecule has 0 aliphatic heterocycles. The number of hydrogen-bond donors (Lipinski definition) is 2. The van der Waals surface area contributed by atoms with Crippen LogP contribution in [0.2, 0.25) is 0 Å². The van der Waals surface area contributed by atoms with Crippen molar-refractivity contribution in [2.45, 2.75) is 31.6 Å². The molecule has 0 fully saturated rings.